The summed E-state index contributed by atoms with van der Waals surface area (Å²) < 4.78 is 5.39. The van der Waals surface area contributed by atoms with Gasteiger partial charge in [0.2, 0.25) is 0 Å². The first-order valence-corrected chi connectivity index (χ1v) is 8.59. The fraction of sp³-hybridized carbons (Fsp3) is 0.222. The molecule has 1 heterocycles. The molecule has 0 spiro atoms. The van der Waals surface area contributed by atoms with Crippen LogP contribution >= 0.6 is 11.8 Å². The van der Waals surface area contributed by atoms with Crippen LogP contribution in [0.4, 0.5) is 0 Å². The number of fused-ring (bicyclic) bond motifs is 1. The molecule has 0 aliphatic heterocycles. The largest absolute Gasteiger partial charge is 0.494 e. The molecular weight excluding hydrogens is 292 g/mol. The Labute approximate surface area is 134 Å². The zero-order valence-electron chi connectivity index (χ0n) is 12.7. The van der Waals surface area contributed by atoms with E-state index in [0.717, 1.165) is 40.1 Å². The predicted molar refractivity (Wildman–Crippen MR) is 93.6 cm³/mol. The highest BCUT2D eigenvalue weighted by Gasteiger charge is 2.09. The number of para-hydroxylation sites is 1. The Kier molecular flexibility index (Phi) is 4.59. The van der Waals surface area contributed by atoms with E-state index in [1.807, 2.05) is 30.0 Å². The first-order valence-electron chi connectivity index (χ1n) is 7.19. The molecule has 3 rings (SSSR count). The van der Waals surface area contributed by atoms with Crippen LogP contribution in [-0.4, -0.2) is 29.1 Å². The van der Waals surface area contributed by atoms with Crippen molar-refractivity contribution in [2.75, 3.05) is 19.1 Å². The van der Waals surface area contributed by atoms with Gasteiger partial charge in [-0.3, -0.25) is 0 Å². The summed E-state index contributed by atoms with van der Waals surface area (Å²) in [6.07, 6.45) is 4.83. The van der Waals surface area contributed by atoms with E-state index in [-0.39, 0.29) is 0 Å². The molecule has 0 saturated heterocycles. The normalized spacial score (nSPS) is 10.8. The van der Waals surface area contributed by atoms with Crippen LogP contribution in [0.2, 0.25) is 0 Å². The Morgan fingerprint density at radius 2 is 1.86 bits per heavy atom. The minimum absolute atomic E-state index is 0.776. The molecule has 0 bridgehead atoms. The van der Waals surface area contributed by atoms with Crippen LogP contribution in [0.15, 0.2) is 48.8 Å². The highest BCUT2D eigenvalue weighted by atomic mass is 32.2. The lowest BCUT2D eigenvalue weighted by Crippen LogP contribution is -1.93. The SMILES string of the molecule is COc1cccc2c(-c3ccc(CCSC)cc3)ncnc12. The van der Waals surface area contributed by atoms with Crippen molar-refractivity contribution in [1.82, 2.24) is 9.97 Å². The van der Waals surface area contributed by atoms with Crippen LogP contribution in [0.3, 0.4) is 0 Å². The number of hydrogen-bond acceptors (Lipinski definition) is 4. The minimum atomic E-state index is 0.776. The third-order valence-electron chi connectivity index (χ3n) is 3.67. The molecule has 2 aromatic carbocycles. The number of thioether (sulfide) groups is 1. The number of rotatable bonds is 5. The number of nitrogens with zero attached hydrogens (tertiary/aromatic N) is 2. The van der Waals surface area contributed by atoms with E-state index < -0.39 is 0 Å². The first kappa shape index (κ1) is 14.9. The molecule has 1 aromatic heterocycles. The maximum Gasteiger partial charge on any atom is 0.145 e. The highest BCUT2D eigenvalue weighted by molar-refractivity contribution is 7.98. The van der Waals surface area contributed by atoms with Gasteiger partial charge in [-0.15, -0.1) is 0 Å². The topological polar surface area (TPSA) is 35.0 Å². The van der Waals surface area contributed by atoms with Gasteiger partial charge in [0.1, 0.15) is 17.6 Å². The van der Waals surface area contributed by atoms with Crippen molar-refractivity contribution in [3.8, 4) is 17.0 Å². The second kappa shape index (κ2) is 6.79. The number of hydrogen-bond donors (Lipinski definition) is 0. The quantitative estimate of drug-likeness (QED) is 0.707. The van der Waals surface area contributed by atoms with Gasteiger partial charge in [-0.1, -0.05) is 36.4 Å². The Balaban J connectivity index is 2.03. The van der Waals surface area contributed by atoms with Gasteiger partial charge in [-0.25, -0.2) is 9.97 Å². The third kappa shape index (κ3) is 2.92. The van der Waals surface area contributed by atoms with Crippen molar-refractivity contribution < 1.29 is 4.74 Å². The Bertz CT molecular complexity index is 772. The van der Waals surface area contributed by atoms with Gasteiger partial charge in [-0.05, 0) is 30.1 Å². The van der Waals surface area contributed by atoms with E-state index in [2.05, 4.69) is 40.5 Å². The average molecular weight is 310 g/mol. The lowest BCUT2D eigenvalue weighted by Gasteiger charge is -2.09. The first-order chi connectivity index (χ1) is 10.8. The van der Waals surface area contributed by atoms with E-state index in [4.69, 9.17) is 4.74 Å². The van der Waals surface area contributed by atoms with Crippen molar-refractivity contribution in [2.45, 2.75) is 6.42 Å². The number of benzene rings is 2. The van der Waals surface area contributed by atoms with Crippen LogP contribution in [0, 0.1) is 0 Å². The van der Waals surface area contributed by atoms with Crippen LogP contribution in [0.1, 0.15) is 5.56 Å². The summed E-state index contributed by atoms with van der Waals surface area (Å²) in [6, 6.07) is 14.6. The summed E-state index contributed by atoms with van der Waals surface area (Å²) in [5.41, 5.74) is 4.25. The fourth-order valence-electron chi connectivity index (χ4n) is 2.50. The van der Waals surface area contributed by atoms with Crippen molar-refractivity contribution in [3.63, 3.8) is 0 Å². The van der Waals surface area contributed by atoms with E-state index in [1.54, 1.807) is 13.4 Å². The van der Waals surface area contributed by atoms with E-state index >= 15 is 0 Å². The van der Waals surface area contributed by atoms with E-state index in [0.29, 0.717) is 0 Å². The van der Waals surface area contributed by atoms with Crippen molar-refractivity contribution >= 4 is 22.7 Å². The molecule has 0 fully saturated rings. The van der Waals surface area contributed by atoms with Gasteiger partial charge in [0.15, 0.2) is 0 Å². The van der Waals surface area contributed by atoms with Crippen molar-refractivity contribution in [3.05, 3.63) is 54.4 Å². The lowest BCUT2D eigenvalue weighted by atomic mass is 10.0. The van der Waals surface area contributed by atoms with E-state index in [9.17, 15) is 0 Å². The Morgan fingerprint density at radius 1 is 1.05 bits per heavy atom. The Morgan fingerprint density at radius 3 is 2.59 bits per heavy atom. The second-order valence-electron chi connectivity index (χ2n) is 5.02. The number of aromatic nitrogens is 2. The summed E-state index contributed by atoms with van der Waals surface area (Å²) in [6.45, 7) is 0. The molecule has 0 radical (unpaired) electrons. The predicted octanol–water partition coefficient (Wildman–Crippen LogP) is 4.21. The van der Waals surface area contributed by atoms with Crippen molar-refractivity contribution in [2.24, 2.45) is 0 Å². The van der Waals surface area contributed by atoms with E-state index in [1.165, 1.54) is 5.56 Å². The molecule has 0 aliphatic rings. The van der Waals surface area contributed by atoms with Gasteiger partial charge < -0.3 is 4.74 Å². The zero-order valence-corrected chi connectivity index (χ0v) is 13.6. The Hall–Kier alpha value is -2.07. The van der Waals surface area contributed by atoms with Crippen LogP contribution < -0.4 is 4.74 Å². The molecule has 0 amide bonds. The smallest absolute Gasteiger partial charge is 0.145 e. The molecule has 4 heteroatoms. The second-order valence-corrected chi connectivity index (χ2v) is 6.00. The van der Waals surface area contributed by atoms with Gasteiger partial charge >= 0.3 is 0 Å². The number of aryl methyl sites for hydroxylation is 1. The van der Waals surface area contributed by atoms with Gasteiger partial charge in [0.25, 0.3) is 0 Å². The summed E-state index contributed by atoms with van der Waals surface area (Å²) in [4.78, 5) is 8.83. The molecule has 112 valence electrons. The van der Waals surface area contributed by atoms with Crippen LogP contribution in [0.25, 0.3) is 22.2 Å². The highest BCUT2D eigenvalue weighted by Crippen LogP contribution is 2.30. The number of methoxy groups -OCH3 is 1. The molecule has 0 unspecified atom stereocenters. The van der Waals surface area contributed by atoms with Gasteiger partial charge in [-0.2, -0.15) is 11.8 Å². The number of ether oxygens (including phenoxy) is 1. The fourth-order valence-corrected chi connectivity index (χ4v) is 2.94. The summed E-state index contributed by atoms with van der Waals surface area (Å²) in [5, 5.41) is 1.01. The third-order valence-corrected chi connectivity index (χ3v) is 4.28. The van der Waals surface area contributed by atoms with Crippen molar-refractivity contribution in [1.29, 1.82) is 0 Å². The molecule has 3 nitrogen and oxygen atoms in total. The molecular formula is C18H18N2OS. The maximum absolute atomic E-state index is 5.39. The lowest BCUT2D eigenvalue weighted by molar-refractivity contribution is 0.419. The van der Waals surface area contributed by atoms with Gasteiger partial charge in [0.05, 0.1) is 12.8 Å². The van der Waals surface area contributed by atoms with Crippen LogP contribution in [-0.2, 0) is 6.42 Å². The summed E-state index contributed by atoms with van der Waals surface area (Å²) in [7, 11) is 1.66. The average Bonchev–Trinajstić information content (AvgIpc) is 2.59. The molecule has 0 atom stereocenters. The molecule has 0 N–H and O–H groups in total. The summed E-state index contributed by atoms with van der Waals surface area (Å²) >= 11 is 1.87. The summed E-state index contributed by atoms with van der Waals surface area (Å²) in [5.74, 6) is 1.92. The molecule has 22 heavy (non-hydrogen) atoms. The zero-order chi connectivity index (χ0) is 15.4. The molecule has 3 aromatic rings. The van der Waals surface area contributed by atoms with Gasteiger partial charge in [0, 0.05) is 10.9 Å². The standard InChI is InChI=1S/C18H18N2OS/c1-21-16-5-3-4-15-17(19-12-20-18(15)16)14-8-6-13(7-9-14)10-11-22-2/h3-9,12H,10-11H2,1-2H3. The minimum Gasteiger partial charge on any atom is -0.494 e. The molecule has 0 saturated carbocycles. The monoisotopic (exact) mass is 310 g/mol. The maximum atomic E-state index is 5.39. The van der Waals surface area contributed by atoms with Crippen LogP contribution in [0.5, 0.6) is 5.75 Å². The molecule has 0 aliphatic carbocycles.